The summed E-state index contributed by atoms with van der Waals surface area (Å²) in [4.78, 5) is 27.0. The number of fused-ring (bicyclic) bond motifs is 2. The first-order valence-corrected chi connectivity index (χ1v) is 28.5. The molecule has 4 aliphatic carbocycles. The molecule has 0 spiro atoms. The normalized spacial score (nSPS) is 18.6. The van der Waals surface area contributed by atoms with Gasteiger partial charge in [0.1, 0.15) is 39.3 Å². The van der Waals surface area contributed by atoms with Crippen LogP contribution in [-0.4, -0.2) is 43.4 Å². The molecule has 422 valence electrons. The summed E-state index contributed by atoms with van der Waals surface area (Å²) in [7, 11) is 0. The number of carbonyl (C=O) groups is 1. The minimum absolute atomic E-state index is 0.00462. The Hall–Kier alpha value is -6.47. The van der Waals surface area contributed by atoms with Crippen molar-refractivity contribution in [1.29, 1.82) is 0 Å². The van der Waals surface area contributed by atoms with E-state index in [1.165, 1.54) is 23.5 Å². The zero-order valence-corrected chi connectivity index (χ0v) is 46.1. The van der Waals surface area contributed by atoms with Crippen LogP contribution in [-0.2, 0) is 33.1 Å². The molecule has 0 amide bonds. The SMILES string of the molecule is O=C1CCC(OCc2c(-c3c(C(F)F)cccc3C(F)F)noc2C2CC2)CC1.[C-]#[N+]c1ccc2nc(Br)sc2c1.[C-]#[N+]c1ccc2nc(C3(O)CCC(OCc4c(-c5c(C(F)F)cccc5C(F)F)noc4C4CC4)CC3)sc2c1. The largest absolute Gasteiger partial charge is 0.383 e. The number of nitrogens with zero attached hydrogens (tertiary/aromatic N) is 6. The molecule has 0 bridgehead atoms. The third kappa shape index (κ3) is 13.1. The predicted octanol–water partition coefficient (Wildman–Crippen LogP) is 18.3. The van der Waals surface area contributed by atoms with Gasteiger partial charge in [0.25, 0.3) is 25.7 Å². The van der Waals surface area contributed by atoms with Crippen LogP contribution in [0, 0.1) is 13.1 Å². The number of ketones is 1. The van der Waals surface area contributed by atoms with Gasteiger partial charge in [0, 0.05) is 78.6 Å². The van der Waals surface area contributed by atoms with Crippen LogP contribution in [0.3, 0.4) is 0 Å². The van der Waals surface area contributed by atoms with E-state index >= 15 is 0 Å². The number of aromatic nitrogens is 4. The molecule has 23 heteroatoms. The predicted molar refractivity (Wildman–Crippen MR) is 290 cm³/mol. The van der Waals surface area contributed by atoms with Gasteiger partial charge in [-0.2, -0.15) is 0 Å². The van der Waals surface area contributed by atoms with Crippen LogP contribution in [0.15, 0.2) is 85.8 Å². The molecule has 0 radical (unpaired) electrons. The molecule has 12 nitrogen and oxygen atoms in total. The lowest BCUT2D eigenvalue weighted by Crippen LogP contribution is -2.34. The Morgan fingerprint density at radius 3 is 1.46 bits per heavy atom. The highest BCUT2D eigenvalue weighted by Gasteiger charge is 2.40. The van der Waals surface area contributed by atoms with Crippen molar-refractivity contribution in [3.63, 3.8) is 0 Å². The van der Waals surface area contributed by atoms with Crippen molar-refractivity contribution in [3.8, 4) is 22.5 Å². The third-order valence-electron chi connectivity index (χ3n) is 14.8. The molecule has 4 aliphatic rings. The van der Waals surface area contributed by atoms with Gasteiger partial charge in [-0.15, -0.1) is 22.7 Å². The lowest BCUT2D eigenvalue weighted by Gasteiger charge is -2.34. The number of alkyl halides is 8. The number of carbonyl (C=O) groups excluding carboxylic acids is 1. The van der Waals surface area contributed by atoms with Gasteiger partial charge in [0.2, 0.25) is 0 Å². The average molecular weight is 1220 g/mol. The highest BCUT2D eigenvalue weighted by Crippen LogP contribution is 2.50. The zero-order valence-electron chi connectivity index (χ0n) is 42.8. The number of thiazole rings is 2. The van der Waals surface area contributed by atoms with Crippen molar-refractivity contribution < 1.29 is 63.5 Å². The monoisotopic (exact) mass is 1220 g/mol. The zero-order chi connectivity index (χ0) is 57.1. The third-order valence-corrected chi connectivity index (χ3v) is 17.4. The molecule has 0 aliphatic heterocycles. The van der Waals surface area contributed by atoms with Gasteiger partial charge in [-0.05, 0) is 104 Å². The van der Waals surface area contributed by atoms with E-state index in [9.17, 15) is 45.0 Å². The molecular formula is C58H49BrF8N6O6S2. The topological polar surface area (TPSA) is 142 Å². The Labute approximate surface area is 475 Å². The van der Waals surface area contributed by atoms with Gasteiger partial charge in [0.15, 0.2) is 15.3 Å². The molecule has 1 N–H and O–H groups in total. The second kappa shape index (κ2) is 24.9. The van der Waals surface area contributed by atoms with E-state index in [4.69, 9.17) is 31.7 Å². The van der Waals surface area contributed by atoms with Crippen LogP contribution in [0.4, 0.5) is 46.5 Å². The van der Waals surface area contributed by atoms with Crippen molar-refractivity contribution in [3.05, 3.63) is 149 Å². The Balaban J connectivity index is 0.000000156. The lowest BCUT2D eigenvalue weighted by atomic mass is 9.83. The molecule has 4 aromatic heterocycles. The summed E-state index contributed by atoms with van der Waals surface area (Å²) in [6.45, 7) is 14.0. The van der Waals surface area contributed by atoms with Crippen molar-refractivity contribution in [1.82, 2.24) is 20.3 Å². The van der Waals surface area contributed by atoms with Crippen molar-refractivity contribution >= 4 is 76.2 Å². The van der Waals surface area contributed by atoms with Crippen LogP contribution in [0.25, 0.3) is 52.6 Å². The molecule has 0 unspecified atom stereocenters. The number of aliphatic hydroxyl groups is 1. The fourth-order valence-electron chi connectivity index (χ4n) is 10.2. The Morgan fingerprint density at radius 2 is 1.04 bits per heavy atom. The summed E-state index contributed by atoms with van der Waals surface area (Å²) in [6.07, 6.45) is -4.80. The molecule has 0 saturated heterocycles. The van der Waals surface area contributed by atoms with Crippen molar-refractivity contribution in [2.75, 3.05) is 0 Å². The van der Waals surface area contributed by atoms with E-state index in [0.29, 0.717) is 90.4 Å². The van der Waals surface area contributed by atoms with E-state index in [0.717, 1.165) is 74.3 Å². The molecule has 4 fully saturated rings. The van der Waals surface area contributed by atoms with Gasteiger partial charge in [-0.1, -0.05) is 58.8 Å². The standard InChI is InChI=1S/C29H25F4N3O3S.C21H21F4NO3.C8H3BrN2S/c1-34-16-7-8-21-22(13-16)40-28(35-21)29(37)11-9-17(10-12-29)38-14-20-24(36-39-25(20)15-5-6-15)23-18(26(30)31)3-2-4-19(23)27(32)33;22-20(23)14-2-1-3-15(21(24)25)17(14)18-16(19(29-26-18)11-4-5-11)10-28-13-8-6-12(27)7-9-13;1-10-5-2-3-6-7(4-5)12-8(9)11-6/h2-4,7-8,13,15,17,26-27,37H,5-6,9-12,14H2;1-3,11,13,20-21H,4-10H2;2-4H. The van der Waals surface area contributed by atoms with Gasteiger partial charge in [-0.25, -0.2) is 54.8 Å². The number of hydrogen-bond donors (Lipinski definition) is 1. The minimum Gasteiger partial charge on any atom is -0.383 e. The van der Waals surface area contributed by atoms with Crippen LogP contribution < -0.4 is 0 Å². The second-order valence-electron chi connectivity index (χ2n) is 20.2. The molecule has 4 aromatic carbocycles. The van der Waals surface area contributed by atoms with Gasteiger partial charge in [0.05, 0.1) is 49.6 Å². The molecular weight excluding hydrogens is 1170 g/mol. The van der Waals surface area contributed by atoms with Crippen LogP contribution in [0.1, 0.15) is 164 Å². The number of hydrogen-bond acceptors (Lipinski definition) is 12. The van der Waals surface area contributed by atoms with E-state index in [-0.39, 0.29) is 65.6 Å². The van der Waals surface area contributed by atoms with E-state index in [1.807, 2.05) is 12.1 Å². The molecule has 0 atom stereocenters. The molecule has 81 heavy (non-hydrogen) atoms. The Kier molecular flexibility index (Phi) is 17.8. The number of rotatable bonds is 15. The van der Waals surface area contributed by atoms with E-state index in [2.05, 4.69) is 45.9 Å². The van der Waals surface area contributed by atoms with Crippen LogP contribution >= 0.6 is 38.6 Å². The second-order valence-corrected chi connectivity index (χ2v) is 23.6. The van der Waals surface area contributed by atoms with Crippen molar-refractivity contribution in [2.45, 2.75) is 146 Å². The first-order valence-electron chi connectivity index (χ1n) is 26.1. The summed E-state index contributed by atoms with van der Waals surface area (Å²) in [5.41, 5.74) is 0.0191. The van der Waals surface area contributed by atoms with Crippen LogP contribution in [0.5, 0.6) is 0 Å². The summed E-state index contributed by atoms with van der Waals surface area (Å²) >= 11 is 6.22. The Bertz CT molecular complexity index is 3590. The van der Waals surface area contributed by atoms with E-state index < -0.39 is 53.6 Å². The first kappa shape index (κ1) is 57.8. The highest BCUT2D eigenvalue weighted by atomic mass is 79.9. The quantitative estimate of drug-likeness (QED) is 0.0778. The summed E-state index contributed by atoms with van der Waals surface area (Å²) in [5, 5.41) is 19.9. The molecule has 4 saturated carbocycles. The average Bonchev–Trinajstić information content (AvgIpc) is 4.50. The van der Waals surface area contributed by atoms with Gasteiger partial charge < -0.3 is 23.6 Å². The number of Topliss-reactive ketones (excluding diaryl/α,β-unsaturated/α-hetero) is 1. The number of ether oxygens (including phenoxy) is 2. The maximum atomic E-state index is 13.9. The fraction of sp³-hybridized carbons (Fsp3) is 0.397. The lowest BCUT2D eigenvalue weighted by molar-refractivity contribution is -0.123. The highest BCUT2D eigenvalue weighted by molar-refractivity contribution is 9.11. The van der Waals surface area contributed by atoms with Gasteiger partial charge in [-0.3, -0.25) is 4.79 Å². The number of halogens is 9. The maximum absolute atomic E-state index is 13.9. The van der Waals surface area contributed by atoms with E-state index in [1.54, 1.807) is 35.6 Å². The summed E-state index contributed by atoms with van der Waals surface area (Å²) < 4.78 is 136. The molecule has 8 aromatic rings. The minimum atomic E-state index is -2.96. The number of benzene rings is 4. The summed E-state index contributed by atoms with van der Waals surface area (Å²) in [6, 6.07) is 17.7. The fourth-order valence-corrected chi connectivity index (χ4v) is 12.8. The van der Waals surface area contributed by atoms with Crippen LogP contribution in [0.2, 0.25) is 0 Å². The molecule has 12 rings (SSSR count). The summed E-state index contributed by atoms with van der Waals surface area (Å²) in [5.74, 6) is 1.39. The van der Waals surface area contributed by atoms with Crippen molar-refractivity contribution in [2.24, 2.45) is 0 Å². The maximum Gasteiger partial charge on any atom is 0.264 e. The van der Waals surface area contributed by atoms with Gasteiger partial charge >= 0.3 is 0 Å². The first-order chi connectivity index (χ1) is 39.0. The molecule has 4 heterocycles. The Morgan fingerprint density at radius 1 is 0.617 bits per heavy atom. The smallest absolute Gasteiger partial charge is 0.264 e.